The fraction of sp³-hybridized carbons (Fsp3) is 0.278. The van der Waals surface area contributed by atoms with Crippen molar-refractivity contribution in [2.45, 2.75) is 26.9 Å². The van der Waals surface area contributed by atoms with E-state index in [0.717, 1.165) is 16.0 Å². The van der Waals surface area contributed by atoms with Gasteiger partial charge in [-0.25, -0.2) is 0 Å². The van der Waals surface area contributed by atoms with Crippen molar-refractivity contribution >= 4 is 29.1 Å². The Hall–Kier alpha value is -3.49. The van der Waals surface area contributed by atoms with Crippen LogP contribution in [0, 0.1) is 24.0 Å². The van der Waals surface area contributed by atoms with Crippen molar-refractivity contribution in [3.05, 3.63) is 51.6 Å². The second kappa shape index (κ2) is 7.02. The van der Waals surface area contributed by atoms with Crippen LogP contribution in [0.1, 0.15) is 18.1 Å². The van der Waals surface area contributed by atoms with Crippen molar-refractivity contribution in [1.82, 2.24) is 4.98 Å². The topological polar surface area (TPSA) is 115 Å². The summed E-state index contributed by atoms with van der Waals surface area (Å²) >= 11 is 0. The van der Waals surface area contributed by atoms with Crippen LogP contribution in [-0.2, 0) is 9.59 Å². The Morgan fingerprint density at radius 1 is 1.30 bits per heavy atom. The van der Waals surface area contributed by atoms with Gasteiger partial charge in [-0.1, -0.05) is 6.07 Å². The number of ether oxygens (including phenoxy) is 1. The van der Waals surface area contributed by atoms with E-state index < -0.39 is 28.7 Å². The minimum Gasteiger partial charge on any atom is -0.475 e. The van der Waals surface area contributed by atoms with Crippen molar-refractivity contribution in [3.8, 4) is 5.75 Å². The Morgan fingerprint density at radius 3 is 2.70 bits per heavy atom. The van der Waals surface area contributed by atoms with Crippen LogP contribution in [0.3, 0.4) is 0 Å². The fourth-order valence-electron chi connectivity index (χ4n) is 2.69. The number of rotatable bonds is 4. The Labute approximate surface area is 155 Å². The van der Waals surface area contributed by atoms with E-state index in [0.29, 0.717) is 5.69 Å². The molecule has 3 rings (SSSR count). The van der Waals surface area contributed by atoms with Gasteiger partial charge in [0.05, 0.1) is 0 Å². The number of pyridine rings is 1. The van der Waals surface area contributed by atoms with E-state index in [1.807, 2.05) is 26.0 Å². The lowest BCUT2D eigenvalue weighted by atomic mass is 10.1. The van der Waals surface area contributed by atoms with Crippen LogP contribution in [0.5, 0.6) is 5.75 Å². The van der Waals surface area contributed by atoms with Crippen molar-refractivity contribution in [3.63, 3.8) is 0 Å². The predicted octanol–water partition coefficient (Wildman–Crippen LogP) is 2.36. The zero-order valence-electron chi connectivity index (χ0n) is 15.1. The molecule has 140 valence electrons. The SMILES string of the molecule is Cc1ccc(NC(=O)CN2C(=O)C(C)Oc3ccc([N+](=O)[O-])nc32)cc1C. The molecule has 1 aromatic heterocycles. The first kappa shape index (κ1) is 18.3. The largest absolute Gasteiger partial charge is 0.475 e. The number of aryl methyl sites for hydroxylation is 2. The molecule has 9 heteroatoms. The third kappa shape index (κ3) is 3.71. The summed E-state index contributed by atoms with van der Waals surface area (Å²) < 4.78 is 5.43. The minimum atomic E-state index is -0.824. The number of carbonyl (C=O) groups is 2. The summed E-state index contributed by atoms with van der Waals surface area (Å²) in [5, 5.41) is 13.7. The second-order valence-electron chi connectivity index (χ2n) is 6.28. The number of benzene rings is 1. The number of hydrogen-bond acceptors (Lipinski definition) is 6. The molecule has 1 aliphatic rings. The lowest BCUT2D eigenvalue weighted by Gasteiger charge is -2.28. The van der Waals surface area contributed by atoms with Gasteiger partial charge in [-0.15, -0.1) is 0 Å². The van der Waals surface area contributed by atoms with E-state index in [1.165, 1.54) is 12.1 Å². The quantitative estimate of drug-likeness (QED) is 0.653. The van der Waals surface area contributed by atoms with E-state index in [9.17, 15) is 19.7 Å². The van der Waals surface area contributed by atoms with Gasteiger partial charge in [0, 0.05) is 11.8 Å². The number of amides is 2. The van der Waals surface area contributed by atoms with Crippen LogP contribution < -0.4 is 15.0 Å². The lowest BCUT2D eigenvalue weighted by molar-refractivity contribution is -0.389. The summed E-state index contributed by atoms with van der Waals surface area (Å²) in [5.41, 5.74) is 2.71. The van der Waals surface area contributed by atoms with Gasteiger partial charge in [-0.05, 0) is 60.0 Å². The summed E-state index contributed by atoms with van der Waals surface area (Å²) in [4.78, 5) is 40.2. The van der Waals surface area contributed by atoms with E-state index in [1.54, 1.807) is 13.0 Å². The van der Waals surface area contributed by atoms with Crippen LogP contribution in [0.2, 0.25) is 0 Å². The number of nitrogens with zero attached hydrogens (tertiary/aromatic N) is 3. The van der Waals surface area contributed by atoms with E-state index >= 15 is 0 Å². The molecule has 27 heavy (non-hydrogen) atoms. The van der Waals surface area contributed by atoms with Crippen LogP contribution in [0.15, 0.2) is 30.3 Å². The monoisotopic (exact) mass is 370 g/mol. The second-order valence-corrected chi connectivity index (χ2v) is 6.28. The van der Waals surface area contributed by atoms with Crippen molar-refractivity contribution in [2.75, 3.05) is 16.8 Å². The molecule has 1 atom stereocenters. The molecule has 1 aliphatic heterocycles. The minimum absolute atomic E-state index is 0.0393. The van der Waals surface area contributed by atoms with Crippen LogP contribution in [0.25, 0.3) is 0 Å². The molecule has 1 N–H and O–H groups in total. The first-order valence-electron chi connectivity index (χ1n) is 8.27. The van der Waals surface area contributed by atoms with Gasteiger partial charge in [0.2, 0.25) is 5.91 Å². The maximum atomic E-state index is 12.5. The highest BCUT2D eigenvalue weighted by atomic mass is 16.6. The molecule has 2 aromatic rings. The van der Waals surface area contributed by atoms with Crippen LogP contribution in [0.4, 0.5) is 17.3 Å². The van der Waals surface area contributed by atoms with Crippen LogP contribution >= 0.6 is 0 Å². The number of fused-ring (bicyclic) bond motifs is 1. The molecule has 0 radical (unpaired) electrons. The molecule has 0 saturated carbocycles. The van der Waals surface area contributed by atoms with Gasteiger partial charge < -0.3 is 20.2 Å². The Bertz CT molecular complexity index is 943. The molecule has 2 amide bonds. The molecule has 1 unspecified atom stereocenters. The molecule has 0 spiro atoms. The van der Waals surface area contributed by atoms with E-state index in [-0.39, 0.29) is 18.1 Å². The summed E-state index contributed by atoms with van der Waals surface area (Å²) in [6.07, 6.45) is -0.824. The molecule has 2 heterocycles. The summed E-state index contributed by atoms with van der Waals surface area (Å²) in [6.45, 7) is 5.10. The van der Waals surface area contributed by atoms with Gasteiger partial charge in [-0.3, -0.25) is 14.5 Å². The Morgan fingerprint density at radius 2 is 2.04 bits per heavy atom. The Balaban J connectivity index is 1.85. The third-order valence-corrected chi connectivity index (χ3v) is 4.28. The number of hydrogen-bond donors (Lipinski definition) is 1. The molecule has 1 aromatic carbocycles. The summed E-state index contributed by atoms with van der Waals surface area (Å²) in [7, 11) is 0. The average molecular weight is 370 g/mol. The van der Waals surface area contributed by atoms with Crippen molar-refractivity contribution < 1.29 is 19.2 Å². The maximum Gasteiger partial charge on any atom is 0.366 e. The zero-order chi connectivity index (χ0) is 19.7. The maximum absolute atomic E-state index is 12.5. The first-order valence-corrected chi connectivity index (χ1v) is 8.27. The van der Waals surface area contributed by atoms with Gasteiger partial charge >= 0.3 is 5.82 Å². The van der Waals surface area contributed by atoms with E-state index in [4.69, 9.17) is 4.74 Å². The van der Waals surface area contributed by atoms with Gasteiger partial charge in [0.15, 0.2) is 11.9 Å². The Kier molecular flexibility index (Phi) is 4.76. The van der Waals surface area contributed by atoms with Crippen molar-refractivity contribution in [2.24, 2.45) is 0 Å². The standard InChI is InChI=1S/C18H18N4O5/c1-10-4-5-13(8-11(10)2)19-16(23)9-21-17-14(27-12(3)18(21)24)6-7-15(20-17)22(25)26/h4-8,12H,9H2,1-3H3,(H,19,23). The van der Waals surface area contributed by atoms with E-state index in [2.05, 4.69) is 10.3 Å². The van der Waals surface area contributed by atoms with Gasteiger partial charge in [-0.2, -0.15) is 0 Å². The molecular formula is C18H18N4O5. The number of anilines is 2. The third-order valence-electron chi connectivity index (χ3n) is 4.28. The zero-order valence-corrected chi connectivity index (χ0v) is 15.1. The normalized spacial score (nSPS) is 15.7. The highest BCUT2D eigenvalue weighted by Gasteiger charge is 2.37. The average Bonchev–Trinajstić information content (AvgIpc) is 2.61. The van der Waals surface area contributed by atoms with Crippen molar-refractivity contribution in [1.29, 1.82) is 0 Å². The molecule has 9 nitrogen and oxygen atoms in total. The molecule has 0 fully saturated rings. The summed E-state index contributed by atoms with van der Waals surface area (Å²) in [6, 6.07) is 8.04. The highest BCUT2D eigenvalue weighted by Crippen LogP contribution is 2.33. The number of nitrogens with one attached hydrogen (secondary N) is 1. The van der Waals surface area contributed by atoms with Crippen LogP contribution in [-0.4, -0.2) is 34.4 Å². The smallest absolute Gasteiger partial charge is 0.366 e. The molecule has 0 bridgehead atoms. The predicted molar refractivity (Wildman–Crippen MR) is 97.9 cm³/mol. The lowest BCUT2D eigenvalue weighted by Crippen LogP contribution is -2.48. The molecule has 0 aliphatic carbocycles. The number of carbonyl (C=O) groups excluding carboxylic acids is 2. The number of nitro groups is 1. The van der Waals surface area contributed by atoms with Gasteiger partial charge in [0.25, 0.3) is 11.7 Å². The molecule has 0 saturated heterocycles. The molecular weight excluding hydrogens is 352 g/mol. The fourth-order valence-corrected chi connectivity index (χ4v) is 2.69. The summed E-state index contributed by atoms with van der Waals surface area (Å²) in [5.74, 6) is -1.20. The highest BCUT2D eigenvalue weighted by molar-refractivity contribution is 6.05. The first-order chi connectivity index (χ1) is 12.8. The van der Waals surface area contributed by atoms with Gasteiger partial charge in [0.1, 0.15) is 6.54 Å². The number of aromatic nitrogens is 1.